The normalized spacial score (nSPS) is 28.6. The summed E-state index contributed by atoms with van der Waals surface area (Å²) in [6.07, 6.45) is 1.34. The molecule has 0 aromatic heterocycles. The van der Waals surface area contributed by atoms with Crippen molar-refractivity contribution in [3.05, 3.63) is 0 Å². The summed E-state index contributed by atoms with van der Waals surface area (Å²) in [6.45, 7) is 9.75. The number of ether oxygens (including phenoxy) is 1. The van der Waals surface area contributed by atoms with Gasteiger partial charge in [-0.05, 0) is 26.8 Å². The lowest BCUT2D eigenvalue weighted by Crippen LogP contribution is -2.52. The van der Waals surface area contributed by atoms with Gasteiger partial charge in [-0.3, -0.25) is 4.90 Å². The van der Waals surface area contributed by atoms with Crippen LogP contribution in [0.5, 0.6) is 0 Å². The van der Waals surface area contributed by atoms with E-state index in [1.807, 2.05) is 0 Å². The largest absolute Gasteiger partial charge is 0.376 e. The van der Waals surface area contributed by atoms with Crippen molar-refractivity contribution >= 4 is 0 Å². The van der Waals surface area contributed by atoms with Gasteiger partial charge in [0.2, 0.25) is 0 Å². The highest BCUT2D eigenvalue weighted by atomic mass is 16.5. The molecular formula is C12H23N3O. The van der Waals surface area contributed by atoms with Crippen molar-refractivity contribution in [2.24, 2.45) is 0 Å². The lowest BCUT2D eigenvalue weighted by Gasteiger charge is -2.37. The van der Waals surface area contributed by atoms with Gasteiger partial charge in [0.15, 0.2) is 0 Å². The lowest BCUT2D eigenvalue weighted by atomic mass is 10.1. The summed E-state index contributed by atoms with van der Waals surface area (Å²) in [5, 5.41) is 12.3. The molecule has 0 spiro atoms. The molecule has 1 saturated heterocycles. The fourth-order valence-corrected chi connectivity index (χ4v) is 1.93. The SMILES string of the molecule is CCCNC(C#N)CN1CC(C)OCC1C. The van der Waals surface area contributed by atoms with E-state index in [2.05, 4.69) is 37.1 Å². The summed E-state index contributed by atoms with van der Waals surface area (Å²) in [6, 6.07) is 2.68. The topological polar surface area (TPSA) is 48.3 Å². The molecule has 0 aliphatic carbocycles. The van der Waals surface area contributed by atoms with Crippen LogP contribution in [0.2, 0.25) is 0 Å². The third kappa shape index (κ3) is 4.09. The number of nitriles is 1. The maximum Gasteiger partial charge on any atom is 0.108 e. The Morgan fingerprint density at radius 1 is 1.56 bits per heavy atom. The first-order valence-electron chi connectivity index (χ1n) is 6.16. The van der Waals surface area contributed by atoms with Crippen molar-refractivity contribution in [3.8, 4) is 6.07 Å². The van der Waals surface area contributed by atoms with Crippen molar-refractivity contribution < 1.29 is 4.74 Å². The number of rotatable bonds is 5. The number of nitrogens with zero attached hydrogens (tertiary/aromatic N) is 2. The summed E-state index contributed by atoms with van der Waals surface area (Å²) in [7, 11) is 0. The van der Waals surface area contributed by atoms with E-state index in [-0.39, 0.29) is 12.1 Å². The number of hydrogen-bond donors (Lipinski definition) is 1. The van der Waals surface area contributed by atoms with Crippen LogP contribution in [0, 0.1) is 11.3 Å². The van der Waals surface area contributed by atoms with Crippen LogP contribution >= 0.6 is 0 Å². The molecule has 0 radical (unpaired) electrons. The fourth-order valence-electron chi connectivity index (χ4n) is 1.93. The minimum atomic E-state index is -0.0623. The molecule has 0 saturated carbocycles. The van der Waals surface area contributed by atoms with Crippen molar-refractivity contribution in [2.45, 2.75) is 45.4 Å². The molecule has 4 nitrogen and oxygen atoms in total. The average molecular weight is 225 g/mol. The molecule has 1 fully saturated rings. The smallest absolute Gasteiger partial charge is 0.108 e. The summed E-state index contributed by atoms with van der Waals surface area (Å²) in [5.41, 5.74) is 0. The van der Waals surface area contributed by atoms with E-state index in [1.165, 1.54) is 0 Å². The van der Waals surface area contributed by atoms with Gasteiger partial charge >= 0.3 is 0 Å². The number of morpholine rings is 1. The molecule has 16 heavy (non-hydrogen) atoms. The highest BCUT2D eigenvalue weighted by Gasteiger charge is 2.25. The van der Waals surface area contributed by atoms with Gasteiger partial charge in [0.1, 0.15) is 6.04 Å². The predicted octanol–water partition coefficient (Wildman–Crippen LogP) is 0.987. The van der Waals surface area contributed by atoms with Gasteiger partial charge in [-0.25, -0.2) is 0 Å². The van der Waals surface area contributed by atoms with Gasteiger partial charge in [-0.1, -0.05) is 6.92 Å². The molecular weight excluding hydrogens is 202 g/mol. The zero-order valence-corrected chi connectivity index (χ0v) is 10.6. The molecule has 1 rings (SSSR count). The standard InChI is InChI=1S/C12H23N3O/c1-4-5-14-12(6-13)8-15-7-11(3)16-9-10(15)2/h10-12,14H,4-5,7-9H2,1-3H3. The lowest BCUT2D eigenvalue weighted by molar-refractivity contribution is -0.0504. The molecule has 3 atom stereocenters. The van der Waals surface area contributed by atoms with E-state index in [0.717, 1.165) is 32.7 Å². The van der Waals surface area contributed by atoms with Crippen LogP contribution < -0.4 is 5.32 Å². The van der Waals surface area contributed by atoms with Crippen molar-refractivity contribution in [3.63, 3.8) is 0 Å². The monoisotopic (exact) mass is 225 g/mol. The van der Waals surface area contributed by atoms with Gasteiger partial charge < -0.3 is 10.1 Å². The maximum atomic E-state index is 9.07. The first kappa shape index (κ1) is 13.4. The van der Waals surface area contributed by atoms with Crippen LogP contribution in [0.1, 0.15) is 27.2 Å². The molecule has 3 unspecified atom stereocenters. The van der Waals surface area contributed by atoms with E-state index >= 15 is 0 Å². The molecule has 92 valence electrons. The van der Waals surface area contributed by atoms with Crippen molar-refractivity contribution in [1.82, 2.24) is 10.2 Å². The van der Waals surface area contributed by atoms with Crippen LogP contribution in [-0.2, 0) is 4.74 Å². The quantitative estimate of drug-likeness (QED) is 0.758. The van der Waals surface area contributed by atoms with Crippen molar-refractivity contribution in [2.75, 3.05) is 26.2 Å². The molecule has 1 aliphatic heterocycles. The van der Waals surface area contributed by atoms with Crippen LogP contribution in [0.25, 0.3) is 0 Å². The van der Waals surface area contributed by atoms with E-state index in [1.54, 1.807) is 0 Å². The van der Waals surface area contributed by atoms with Crippen LogP contribution in [0.4, 0.5) is 0 Å². The molecule has 4 heteroatoms. The summed E-state index contributed by atoms with van der Waals surface area (Å²) >= 11 is 0. The summed E-state index contributed by atoms with van der Waals surface area (Å²) < 4.78 is 5.57. The highest BCUT2D eigenvalue weighted by molar-refractivity contribution is 4.93. The highest BCUT2D eigenvalue weighted by Crippen LogP contribution is 2.11. The fraction of sp³-hybridized carbons (Fsp3) is 0.917. The first-order chi connectivity index (χ1) is 7.67. The zero-order chi connectivity index (χ0) is 12.0. The van der Waals surface area contributed by atoms with Gasteiger partial charge in [0.25, 0.3) is 0 Å². The second-order valence-electron chi connectivity index (χ2n) is 4.58. The second-order valence-corrected chi connectivity index (χ2v) is 4.58. The molecule has 1 N–H and O–H groups in total. The molecule has 0 aromatic rings. The average Bonchev–Trinajstić information content (AvgIpc) is 2.28. The molecule has 1 aliphatic rings. The summed E-state index contributed by atoms with van der Waals surface area (Å²) in [5.74, 6) is 0. The second kappa shape index (κ2) is 6.85. The molecule has 0 aromatic carbocycles. The Balaban J connectivity index is 2.40. The summed E-state index contributed by atoms with van der Waals surface area (Å²) in [4.78, 5) is 2.34. The molecule has 1 heterocycles. The minimum Gasteiger partial charge on any atom is -0.376 e. The molecule has 0 amide bonds. The first-order valence-corrected chi connectivity index (χ1v) is 6.16. The van der Waals surface area contributed by atoms with Crippen LogP contribution in [0.15, 0.2) is 0 Å². The Bertz CT molecular complexity index is 239. The van der Waals surface area contributed by atoms with Gasteiger partial charge in [0, 0.05) is 19.1 Å². The number of hydrogen-bond acceptors (Lipinski definition) is 4. The Labute approximate surface area is 98.6 Å². The third-order valence-electron chi connectivity index (χ3n) is 2.95. The Hall–Kier alpha value is -0.630. The maximum absolute atomic E-state index is 9.07. The third-order valence-corrected chi connectivity index (χ3v) is 2.95. The van der Waals surface area contributed by atoms with Crippen LogP contribution in [0.3, 0.4) is 0 Å². The van der Waals surface area contributed by atoms with E-state index < -0.39 is 0 Å². The predicted molar refractivity (Wildman–Crippen MR) is 64.1 cm³/mol. The van der Waals surface area contributed by atoms with E-state index in [0.29, 0.717) is 6.04 Å². The number of nitrogens with one attached hydrogen (secondary N) is 1. The minimum absolute atomic E-state index is 0.0623. The van der Waals surface area contributed by atoms with Crippen LogP contribution in [-0.4, -0.2) is 49.3 Å². The van der Waals surface area contributed by atoms with Gasteiger partial charge in [-0.15, -0.1) is 0 Å². The van der Waals surface area contributed by atoms with Gasteiger partial charge in [-0.2, -0.15) is 5.26 Å². The van der Waals surface area contributed by atoms with Gasteiger partial charge in [0.05, 0.1) is 18.8 Å². The zero-order valence-electron chi connectivity index (χ0n) is 10.6. The Morgan fingerprint density at radius 3 is 2.94 bits per heavy atom. The van der Waals surface area contributed by atoms with E-state index in [4.69, 9.17) is 10.00 Å². The molecule has 0 bridgehead atoms. The van der Waals surface area contributed by atoms with Crippen molar-refractivity contribution in [1.29, 1.82) is 5.26 Å². The Kier molecular flexibility index (Phi) is 5.75. The Morgan fingerprint density at radius 2 is 2.31 bits per heavy atom. The van der Waals surface area contributed by atoms with E-state index in [9.17, 15) is 0 Å².